The van der Waals surface area contributed by atoms with E-state index in [1.807, 2.05) is 30.3 Å². The zero-order valence-corrected chi connectivity index (χ0v) is 16.7. The predicted molar refractivity (Wildman–Crippen MR) is 111 cm³/mol. The third kappa shape index (κ3) is 6.50. The van der Waals surface area contributed by atoms with Crippen LogP contribution >= 0.6 is 24.2 Å². The predicted octanol–water partition coefficient (Wildman–Crippen LogP) is 3.10. The number of hydrogen-bond acceptors (Lipinski definition) is 4. The molecule has 0 bridgehead atoms. The number of thioether (sulfide) groups is 1. The Kier molecular flexibility index (Phi) is 9.07. The van der Waals surface area contributed by atoms with Crippen LogP contribution in [0.4, 0.5) is 4.39 Å². The van der Waals surface area contributed by atoms with E-state index in [9.17, 15) is 9.18 Å². The maximum atomic E-state index is 14.1. The molecule has 2 aromatic carbocycles. The van der Waals surface area contributed by atoms with Gasteiger partial charge >= 0.3 is 0 Å². The fourth-order valence-corrected chi connectivity index (χ4v) is 4.01. The number of hydrogen-bond donors (Lipinski definition) is 2. The molecule has 1 fully saturated rings. The van der Waals surface area contributed by atoms with Gasteiger partial charge in [-0.3, -0.25) is 9.69 Å². The highest BCUT2D eigenvalue weighted by Gasteiger charge is 2.23. The van der Waals surface area contributed by atoms with Crippen LogP contribution in [-0.2, 0) is 4.79 Å². The molecular formula is C20H25ClFN3OS. The van der Waals surface area contributed by atoms with E-state index < -0.39 is 5.25 Å². The van der Waals surface area contributed by atoms with Crippen molar-refractivity contribution < 1.29 is 9.18 Å². The molecule has 0 saturated carbocycles. The first-order chi connectivity index (χ1) is 12.7. The van der Waals surface area contributed by atoms with Crippen LogP contribution in [0.3, 0.4) is 0 Å². The standard InChI is InChI=1S/C20H24FN3OS.ClH/c21-17-8-4-5-9-18(17)26-19(16-6-2-1-3-7-16)20(25)23-12-15-24-13-10-22-11-14-24;/h1-9,19,22H,10-15H2,(H,23,25);1H. The summed E-state index contributed by atoms with van der Waals surface area (Å²) in [5, 5.41) is 5.87. The number of nitrogens with zero attached hydrogens (tertiary/aromatic N) is 1. The summed E-state index contributed by atoms with van der Waals surface area (Å²) in [6.45, 7) is 5.41. The van der Waals surface area contributed by atoms with Crippen LogP contribution in [0.2, 0.25) is 0 Å². The SMILES string of the molecule is Cl.O=C(NCCN1CCNCC1)C(Sc1ccccc1F)c1ccccc1. The van der Waals surface area contributed by atoms with E-state index >= 15 is 0 Å². The molecule has 1 unspecified atom stereocenters. The highest BCUT2D eigenvalue weighted by molar-refractivity contribution is 8.00. The van der Waals surface area contributed by atoms with Gasteiger partial charge < -0.3 is 10.6 Å². The zero-order chi connectivity index (χ0) is 18.2. The Balaban J connectivity index is 0.00000261. The lowest BCUT2D eigenvalue weighted by Crippen LogP contribution is -2.46. The molecule has 7 heteroatoms. The van der Waals surface area contributed by atoms with E-state index in [1.54, 1.807) is 18.2 Å². The number of benzene rings is 2. The van der Waals surface area contributed by atoms with Crippen molar-refractivity contribution in [2.24, 2.45) is 0 Å². The second-order valence-electron chi connectivity index (χ2n) is 6.22. The summed E-state index contributed by atoms with van der Waals surface area (Å²) >= 11 is 1.25. The van der Waals surface area contributed by atoms with Crippen LogP contribution in [0.25, 0.3) is 0 Å². The summed E-state index contributed by atoms with van der Waals surface area (Å²) in [5.74, 6) is -0.383. The van der Waals surface area contributed by atoms with Crippen molar-refractivity contribution in [2.45, 2.75) is 10.1 Å². The van der Waals surface area contributed by atoms with Gasteiger partial charge in [-0.2, -0.15) is 0 Å². The lowest BCUT2D eigenvalue weighted by molar-refractivity contribution is -0.120. The molecule has 1 aliphatic heterocycles. The van der Waals surface area contributed by atoms with Crippen molar-refractivity contribution in [3.8, 4) is 0 Å². The molecule has 0 radical (unpaired) electrons. The Bertz CT molecular complexity index is 713. The minimum Gasteiger partial charge on any atom is -0.354 e. The second-order valence-corrected chi connectivity index (χ2v) is 7.37. The highest BCUT2D eigenvalue weighted by atomic mass is 35.5. The molecule has 0 spiro atoms. The largest absolute Gasteiger partial charge is 0.354 e. The molecule has 3 rings (SSSR count). The second kappa shape index (κ2) is 11.3. The Hall–Kier alpha value is -1.60. The van der Waals surface area contributed by atoms with Crippen LogP contribution in [0, 0.1) is 5.82 Å². The van der Waals surface area contributed by atoms with Gasteiger partial charge in [-0.1, -0.05) is 42.5 Å². The third-order valence-electron chi connectivity index (χ3n) is 4.36. The Morgan fingerprint density at radius 3 is 2.48 bits per heavy atom. The van der Waals surface area contributed by atoms with Gasteiger partial charge in [0, 0.05) is 44.2 Å². The van der Waals surface area contributed by atoms with E-state index in [-0.39, 0.29) is 24.1 Å². The number of carbonyl (C=O) groups excluding carboxylic acids is 1. The van der Waals surface area contributed by atoms with E-state index in [1.165, 1.54) is 17.8 Å². The number of rotatable bonds is 7. The highest BCUT2D eigenvalue weighted by Crippen LogP contribution is 2.36. The minimum absolute atomic E-state index is 0. The van der Waals surface area contributed by atoms with E-state index in [0.717, 1.165) is 38.3 Å². The summed E-state index contributed by atoms with van der Waals surface area (Å²) in [6, 6.07) is 16.1. The summed E-state index contributed by atoms with van der Waals surface area (Å²) in [4.78, 5) is 15.6. The van der Waals surface area contributed by atoms with Gasteiger partial charge in [0.25, 0.3) is 0 Å². The topological polar surface area (TPSA) is 44.4 Å². The molecule has 2 N–H and O–H groups in total. The van der Waals surface area contributed by atoms with Gasteiger partial charge in [0.1, 0.15) is 11.1 Å². The lowest BCUT2D eigenvalue weighted by Gasteiger charge is -2.27. The first-order valence-corrected chi connectivity index (χ1v) is 9.79. The lowest BCUT2D eigenvalue weighted by atomic mass is 10.1. The smallest absolute Gasteiger partial charge is 0.238 e. The molecule has 4 nitrogen and oxygen atoms in total. The van der Waals surface area contributed by atoms with E-state index in [0.29, 0.717) is 11.4 Å². The Morgan fingerprint density at radius 1 is 1.11 bits per heavy atom. The molecule has 1 atom stereocenters. The van der Waals surface area contributed by atoms with Crippen molar-refractivity contribution in [2.75, 3.05) is 39.3 Å². The number of amides is 1. The van der Waals surface area contributed by atoms with Crippen LogP contribution in [-0.4, -0.2) is 50.1 Å². The van der Waals surface area contributed by atoms with Gasteiger partial charge in [0.2, 0.25) is 5.91 Å². The van der Waals surface area contributed by atoms with Gasteiger partial charge in [-0.05, 0) is 17.7 Å². The zero-order valence-electron chi connectivity index (χ0n) is 15.1. The quantitative estimate of drug-likeness (QED) is 0.690. The molecule has 1 amide bonds. The molecule has 146 valence electrons. The summed E-state index contributed by atoms with van der Waals surface area (Å²) in [7, 11) is 0. The van der Waals surface area contributed by atoms with Gasteiger partial charge in [-0.15, -0.1) is 24.2 Å². The van der Waals surface area contributed by atoms with Gasteiger partial charge in [0.05, 0.1) is 0 Å². The average molecular weight is 410 g/mol. The monoisotopic (exact) mass is 409 g/mol. The van der Waals surface area contributed by atoms with Gasteiger partial charge in [0.15, 0.2) is 0 Å². The minimum atomic E-state index is -0.476. The van der Waals surface area contributed by atoms with E-state index in [4.69, 9.17) is 0 Å². The molecular weight excluding hydrogens is 385 g/mol. The average Bonchev–Trinajstić information content (AvgIpc) is 2.69. The molecule has 2 aromatic rings. The normalized spacial score (nSPS) is 15.6. The van der Waals surface area contributed by atoms with Crippen molar-refractivity contribution in [3.05, 3.63) is 66.0 Å². The third-order valence-corrected chi connectivity index (χ3v) is 5.67. The molecule has 1 heterocycles. The summed E-state index contributed by atoms with van der Waals surface area (Å²) < 4.78 is 14.1. The van der Waals surface area contributed by atoms with Crippen LogP contribution in [0.15, 0.2) is 59.5 Å². The molecule has 27 heavy (non-hydrogen) atoms. The fraction of sp³-hybridized carbons (Fsp3) is 0.350. The summed E-state index contributed by atoms with van der Waals surface area (Å²) in [6.07, 6.45) is 0. The van der Waals surface area contributed by atoms with Crippen molar-refractivity contribution in [1.29, 1.82) is 0 Å². The number of piperazine rings is 1. The Labute approximate surface area is 170 Å². The van der Waals surface area contributed by atoms with Crippen molar-refractivity contribution in [3.63, 3.8) is 0 Å². The van der Waals surface area contributed by atoms with Crippen molar-refractivity contribution in [1.82, 2.24) is 15.5 Å². The van der Waals surface area contributed by atoms with Crippen LogP contribution in [0.1, 0.15) is 10.8 Å². The fourth-order valence-electron chi connectivity index (χ4n) is 2.93. The first-order valence-electron chi connectivity index (χ1n) is 8.91. The molecule has 1 saturated heterocycles. The van der Waals surface area contributed by atoms with Crippen LogP contribution < -0.4 is 10.6 Å². The van der Waals surface area contributed by atoms with E-state index in [2.05, 4.69) is 15.5 Å². The Morgan fingerprint density at radius 2 is 1.78 bits per heavy atom. The van der Waals surface area contributed by atoms with Crippen molar-refractivity contribution >= 4 is 30.1 Å². The number of carbonyl (C=O) groups is 1. The molecule has 0 aliphatic carbocycles. The van der Waals surface area contributed by atoms with Crippen LogP contribution in [0.5, 0.6) is 0 Å². The van der Waals surface area contributed by atoms with Gasteiger partial charge in [-0.25, -0.2) is 4.39 Å². The number of halogens is 2. The molecule has 1 aliphatic rings. The maximum absolute atomic E-state index is 14.1. The number of nitrogens with one attached hydrogen (secondary N) is 2. The summed E-state index contributed by atoms with van der Waals surface area (Å²) in [5.41, 5.74) is 0.875. The molecule has 0 aromatic heterocycles. The first kappa shape index (κ1) is 21.7. The maximum Gasteiger partial charge on any atom is 0.238 e.